The average Bonchev–Trinajstić information content (AvgIpc) is 2.36. The Kier molecular flexibility index (Phi) is 4.79. The quantitative estimate of drug-likeness (QED) is 0.796. The van der Waals surface area contributed by atoms with Crippen LogP contribution in [0.2, 0.25) is 0 Å². The van der Waals surface area contributed by atoms with E-state index < -0.39 is 0 Å². The van der Waals surface area contributed by atoms with Gasteiger partial charge in [-0.15, -0.1) is 0 Å². The van der Waals surface area contributed by atoms with Crippen molar-refractivity contribution >= 4 is 0 Å². The van der Waals surface area contributed by atoms with Crippen LogP contribution in [0.5, 0.6) is 0 Å². The van der Waals surface area contributed by atoms with Gasteiger partial charge in [-0.25, -0.2) is 0 Å². The molecule has 0 heterocycles. The fourth-order valence-electron chi connectivity index (χ4n) is 3.04. The number of rotatable bonds is 7. The van der Waals surface area contributed by atoms with Crippen molar-refractivity contribution in [2.45, 2.75) is 32.7 Å². The van der Waals surface area contributed by atoms with Crippen molar-refractivity contribution in [2.75, 3.05) is 26.7 Å². The van der Waals surface area contributed by atoms with Crippen molar-refractivity contribution in [3.05, 3.63) is 35.9 Å². The second-order valence-corrected chi connectivity index (χ2v) is 5.67. The third kappa shape index (κ3) is 3.33. The number of nitrogens with one attached hydrogen (secondary N) is 1. The van der Waals surface area contributed by atoms with E-state index in [0.717, 1.165) is 19.6 Å². The van der Waals surface area contributed by atoms with Crippen LogP contribution in [-0.2, 0) is 6.54 Å². The lowest BCUT2D eigenvalue weighted by molar-refractivity contribution is 0.0666. The number of benzene rings is 1. The first kappa shape index (κ1) is 13.6. The SMILES string of the molecule is CCN(Cc1ccccc1)CC1(CNC)CCC1. The summed E-state index contributed by atoms with van der Waals surface area (Å²) in [6, 6.07) is 10.8. The lowest BCUT2D eigenvalue weighted by Gasteiger charge is -2.45. The van der Waals surface area contributed by atoms with Crippen molar-refractivity contribution < 1.29 is 0 Å². The summed E-state index contributed by atoms with van der Waals surface area (Å²) >= 11 is 0. The molecule has 0 atom stereocenters. The summed E-state index contributed by atoms with van der Waals surface area (Å²) in [5.41, 5.74) is 1.97. The van der Waals surface area contributed by atoms with Gasteiger partial charge in [-0.3, -0.25) is 4.90 Å². The van der Waals surface area contributed by atoms with Crippen molar-refractivity contribution in [1.29, 1.82) is 0 Å². The van der Waals surface area contributed by atoms with Gasteiger partial charge in [0.15, 0.2) is 0 Å². The smallest absolute Gasteiger partial charge is 0.0233 e. The Morgan fingerprint density at radius 1 is 1.22 bits per heavy atom. The molecule has 100 valence electrons. The van der Waals surface area contributed by atoms with Crippen LogP contribution >= 0.6 is 0 Å². The maximum Gasteiger partial charge on any atom is 0.0233 e. The highest BCUT2D eigenvalue weighted by Gasteiger charge is 2.37. The van der Waals surface area contributed by atoms with E-state index in [-0.39, 0.29) is 0 Å². The lowest BCUT2D eigenvalue weighted by Crippen LogP contribution is -2.47. The molecule has 0 amide bonds. The van der Waals surface area contributed by atoms with Crippen molar-refractivity contribution in [2.24, 2.45) is 5.41 Å². The van der Waals surface area contributed by atoms with E-state index in [1.165, 1.54) is 31.4 Å². The maximum atomic E-state index is 3.38. The molecule has 0 aliphatic heterocycles. The summed E-state index contributed by atoms with van der Waals surface area (Å²) in [6.45, 7) is 6.90. The molecule has 2 nitrogen and oxygen atoms in total. The summed E-state index contributed by atoms with van der Waals surface area (Å²) in [5, 5.41) is 3.38. The minimum atomic E-state index is 0.541. The van der Waals surface area contributed by atoms with Gasteiger partial charge in [0, 0.05) is 19.6 Å². The Balaban J connectivity index is 1.92. The van der Waals surface area contributed by atoms with E-state index >= 15 is 0 Å². The number of hydrogen-bond acceptors (Lipinski definition) is 2. The Morgan fingerprint density at radius 3 is 2.44 bits per heavy atom. The van der Waals surface area contributed by atoms with Crippen molar-refractivity contribution in [3.8, 4) is 0 Å². The van der Waals surface area contributed by atoms with E-state index in [9.17, 15) is 0 Å². The van der Waals surface area contributed by atoms with Gasteiger partial charge in [0.2, 0.25) is 0 Å². The molecule has 0 unspecified atom stereocenters. The second-order valence-electron chi connectivity index (χ2n) is 5.67. The molecule has 1 aliphatic rings. The van der Waals surface area contributed by atoms with Gasteiger partial charge in [0.25, 0.3) is 0 Å². The zero-order valence-electron chi connectivity index (χ0n) is 11.8. The largest absolute Gasteiger partial charge is 0.319 e. The number of hydrogen-bond donors (Lipinski definition) is 1. The molecule has 2 rings (SSSR count). The summed E-state index contributed by atoms with van der Waals surface area (Å²) in [4.78, 5) is 2.59. The molecule has 18 heavy (non-hydrogen) atoms. The van der Waals surface area contributed by atoms with E-state index in [1.54, 1.807) is 0 Å². The first-order valence-corrected chi connectivity index (χ1v) is 7.19. The number of nitrogens with zero attached hydrogens (tertiary/aromatic N) is 1. The third-order valence-corrected chi connectivity index (χ3v) is 4.22. The molecule has 2 heteroatoms. The second kappa shape index (κ2) is 6.35. The van der Waals surface area contributed by atoms with Crippen LogP contribution in [0.15, 0.2) is 30.3 Å². The minimum absolute atomic E-state index is 0.541. The van der Waals surface area contributed by atoms with Gasteiger partial charge >= 0.3 is 0 Å². The summed E-state index contributed by atoms with van der Waals surface area (Å²) in [6.07, 6.45) is 4.18. The van der Waals surface area contributed by atoms with Crippen LogP contribution in [0.25, 0.3) is 0 Å². The van der Waals surface area contributed by atoms with E-state index in [1.807, 2.05) is 0 Å². The predicted molar refractivity (Wildman–Crippen MR) is 77.6 cm³/mol. The molecule has 1 aromatic carbocycles. The first-order chi connectivity index (χ1) is 8.78. The molecule has 0 bridgehead atoms. The highest BCUT2D eigenvalue weighted by molar-refractivity contribution is 5.14. The van der Waals surface area contributed by atoms with Gasteiger partial charge in [-0.2, -0.15) is 0 Å². The Labute approximate surface area is 111 Å². The zero-order chi connectivity index (χ0) is 12.8. The molecule has 1 aromatic rings. The Bertz CT molecular complexity index is 343. The first-order valence-electron chi connectivity index (χ1n) is 7.19. The molecular formula is C16H26N2. The standard InChI is InChI=1S/C16H26N2/c1-3-18(12-15-8-5-4-6-9-15)14-16(13-17-2)10-7-11-16/h4-6,8-9,17H,3,7,10-14H2,1-2H3. The fraction of sp³-hybridized carbons (Fsp3) is 0.625. The fourth-order valence-corrected chi connectivity index (χ4v) is 3.04. The van der Waals surface area contributed by atoms with E-state index in [2.05, 4.69) is 54.5 Å². The zero-order valence-corrected chi connectivity index (χ0v) is 11.8. The minimum Gasteiger partial charge on any atom is -0.319 e. The Morgan fingerprint density at radius 2 is 1.94 bits per heavy atom. The van der Waals surface area contributed by atoms with Gasteiger partial charge in [0.05, 0.1) is 0 Å². The summed E-state index contributed by atoms with van der Waals surface area (Å²) < 4.78 is 0. The molecule has 0 saturated heterocycles. The Hall–Kier alpha value is -0.860. The normalized spacial score (nSPS) is 17.7. The van der Waals surface area contributed by atoms with Gasteiger partial charge in [0.1, 0.15) is 0 Å². The van der Waals surface area contributed by atoms with Crippen LogP contribution in [-0.4, -0.2) is 31.6 Å². The molecule has 1 fully saturated rings. The molecule has 1 saturated carbocycles. The van der Waals surface area contributed by atoms with E-state index in [0.29, 0.717) is 5.41 Å². The van der Waals surface area contributed by atoms with Crippen LogP contribution in [0.3, 0.4) is 0 Å². The van der Waals surface area contributed by atoms with Gasteiger partial charge < -0.3 is 5.32 Å². The third-order valence-electron chi connectivity index (χ3n) is 4.22. The molecule has 0 spiro atoms. The van der Waals surface area contributed by atoms with Crippen LogP contribution in [0.1, 0.15) is 31.7 Å². The highest BCUT2D eigenvalue weighted by atomic mass is 15.1. The summed E-state index contributed by atoms with van der Waals surface area (Å²) in [7, 11) is 2.08. The summed E-state index contributed by atoms with van der Waals surface area (Å²) in [5.74, 6) is 0. The molecule has 1 N–H and O–H groups in total. The predicted octanol–water partition coefficient (Wildman–Crippen LogP) is 2.90. The molecular weight excluding hydrogens is 220 g/mol. The van der Waals surface area contributed by atoms with Crippen molar-refractivity contribution in [1.82, 2.24) is 10.2 Å². The van der Waals surface area contributed by atoms with Crippen molar-refractivity contribution in [3.63, 3.8) is 0 Å². The molecule has 0 radical (unpaired) electrons. The highest BCUT2D eigenvalue weighted by Crippen LogP contribution is 2.41. The van der Waals surface area contributed by atoms with E-state index in [4.69, 9.17) is 0 Å². The molecule has 1 aliphatic carbocycles. The van der Waals surface area contributed by atoms with Crippen LogP contribution < -0.4 is 5.32 Å². The monoisotopic (exact) mass is 246 g/mol. The van der Waals surface area contributed by atoms with Crippen LogP contribution in [0.4, 0.5) is 0 Å². The van der Waals surface area contributed by atoms with Gasteiger partial charge in [-0.1, -0.05) is 43.7 Å². The van der Waals surface area contributed by atoms with Crippen LogP contribution in [0, 0.1) is 5.41 Å². The van der Waals surface area contributed by atoms with Gasteiger partial charge in [-0.05, 0) is 37.4 Å². The maximum absolute atomic E-state index is 3.38. The lowest BCUT2D eigenvalue weighted by atomic mass is 9.68. The molecule has 0 aromatic heterocycles. The topological polar surface area (TPSA) is 15.3 Å². The average molecular weight is 246 g/mol.